The van der Waals surface area contributed by atoms with E-state index in [0.717, 1.165) is 0 Å². The Morgan fingerprint density at radius 3 is 2.24 bits per heavy atom. The molecule has 2 aromatic carbocycles. The quantitative estimate of drug-likeness (QED) is 0.746. The second-order valence-electron chi connectivity index (χ2n) is 3.68. The molecule has 1 atom stereocenters. The van der Waals surface area contributed by atoms with Crippen molar-refractivity contribution >= 4 is 30.1 Å². The van der Waals surface area contributed by atoms with Gasteiger partial charge in [0.05, 0.1) is 0 Å². The van der Waals surface area contributed by atoms with E-state index < -0.39 is 14.1 Å². The molecular formula is C13H9NO2Se. The molecule has 1 amide bonds. The van der Waals surface area contributed by atoms with Gasteiger partial charge in [0.1, 0.15) is 0 Å². The normalized spacial score (nSPS) is 18.2. The molecule has 1 heterocycles. The minimum absolute atomic E-state index is 0.160. The Morgan fingerprint density at radius 2 is 1.53 bits per heavy atom. The number of para-hydroxylation sites is 1. The molecule has 1 aliphatic rings. The zero-order valence-corrected chi connectivity index (χ0v) is 10.6. The summed E-state index contributed by atoms with van der Waals surface area (Å²) >= 11 is -2.47. The van der Waals surface area contributed by atoms with Gasteiger partial charge in [-0.25, -0.2) is 0 Å². The summed E-state index contributed by atoms with van der Waals surface area (Å²) in [5.41, 5.74) is 1.27. The minimum atomic E-state index is -2.47. The molecule has 0 saturated carbocycles. The summed E-state index contributed by atoms with van der Waals surface area (Å²) in [4.78, 5) is 12.2. The first-order valence-electron chi connectivity index (χ1n) is 5.19. The van der Waals surface area contributed by atoms with Crippen LogP contribution in [0, 0.1) is 0 Å². The Morgan fingerprint density at radius 1 is 0.882 bits per heavy atom. The van der Waals surface area contributed by atoms with E-state index in [2.05, 4.69) is 0 Å². The number of hydrogen-bond acceptors (Lipinski definition) is 2. The van der Waals surface area contributed by atoms with Crippen molar-refractivity contribution in [3.8, 4) is 0 Å². The van der Waals surface area contributed by atoms with Crippen LogP contribution >= 0.6 is 0 Å². The standard InChI is InChI=1S/C13H9NO2Se/c15-13-11-8-4-5-9-12(11)17(16)14(13)10-6-2-1-3-7-10/h1-9H. The summed E-state index contributed by atoms with van der Waals surface area (Å²) in [7, 11) is 0. The number of rotatable bonds is 1. The first-order valence-corrected chi connectivity index (χ1v) is 7.51. The molecule has 2 aromatic rings. The van der Waals surface area contributed by atoms with Crippen LogP contribution in [-0.4, -0.2) is 20.0 Å². The molecule has 4 heteroatoms. The number of hydrogen-bond donors (Lipinski definition) is 0. The fraction of sp³-hybridized carbons (Fsp3) is 0. The van der Waals surface area contributed by atoms with E-state index in [1.54, 1.807) is 30.3 Å². The Kier molecular flexibility index (Phi) is 2.39. The first kappa shape index (κ1) is 10.4. The molecule has 3 nitrogen and oxygen atoms in total. The van der Waals surface area contributed by atoms with Gasteiger partial charge in [0.25, 0.3) is 0 Å². The number of nitrogens with zero attached hydrogens (tertiary/aromatic N) is 1. The Hall–Kier alpha value is -1.77. The molecule has 0 aliphatic carbocycles. The zero-order valence-electron chi connectivity index (χ0n) is 8.87. The Labute approximate surface area is 103 Å². The molecule has 0 N–H and O–H groups in total. The van der Waals surface area contributed by atoms with Crippen molar-refractivity contribution in [3.05, 3.63) is 60.2 Å². The third-order valence-electron chi connectivity index (χ3n) is 2.65. The van der Waals surface area contributed by atoms with Crippen molar-refractivity contribution < 1.29 is 8.63 Å². The van der Waals surface area contributed by atoms with Gasteiger partial charge < -0.3 is 0 Å². The van der Waals surface area contributed by atoms with Crippen molar-refractivity contribution in [2.75, 3.05) is 3.92 Å². The molecule has 84 valence electrons. The summed E-state index contributed by atoms with van der Waals surface area (Å²) in [5, 5.41) is 0. The molecule has 1 unspecified atom stereocenters. The van der Waals surface area contributed by atoms with Gasteiger partial charge in [-0.1, -0.05) is 0 Å². The molecule has 0 radical (unpaired) electrons. The second-order valence-corrected chi connectivity index (χ2v) is 6.41. The number of fused-ring (bicyclic) bond motifs is 1. The van der Waals surface area contributed by atoms with Gasteiger partial charge in [-0.2, -0.15) is 0 Å². The van der Waals surface area contributed by atoms with Gasteiger partial charge >= 0.3 is 103 Å². The number of carbonyl (C=O) groups is 1. The van der Waals surface area contributed by atoms with E-state index in [1.165, 1.54) is 3.92 Å². The van der Waals surface area contributed by atoms with E-state index in [1.807, 2.05) is 24.3 Å². The van der Waals surface area contributed by atoms with Crippen LogP contribution < -0.4 is 8.38 Å². The summed E-state index contributed by atoms with van der Waals surface area (Å²) in [6, 6.07) is 16.3. The summed E-state index contributed by atoms with van der Waals surface area (Å²) < 4.78 is 14.4. The topological polar surface area (TPSA) is 37.4 Å². The van der Waals surface area contributed by atoms with Crippen LogP contribution in [0.15, 0.2) is 54.6 Å². The number of benzene rings is 2. The van der Waals surface area contributed by atoms with Crippen LogP contribution in [0.2, 0.25) is 0 Å². The third kappa shape index (κ3) is 1.54. The average Bonchev–Trinajstić information content (AvgIpc) is 2.64. The second kappa shape index (κ2) is 3.91. The van der Waals surface area contributed by atoms with Gasteiger partial charge in [-0.05, 0) is 0 Å². The number of amides is 1. The predicted molar refractivity (Wildman–Crippen MR) is 65.8 cm³/mol. The van der Waals surface area contributed by atoms with E-state index in [0.29, 0.717) is 15.7 Å². The van der Waals surface area contributed by atoms with Crippen molar-refractivity contribution in [2.24, 2.45) is 0 Å². The molecule has 3 rings (SSSR count). The van der Waals surface area contributed by atoms with E-state index in [4.69, 9.17) is 0 Å². The summed E-state index contributed by atoms with van der Waals surface area (Å²) in [6.45, 7) is 0. The van der Waals surface area contributed by atoms with Gasteiger partial charge in [-0.15, -0.1) is 0 Å². The zero-order chi connectivity index (χ0) is 11.8. The number of carbonyl (C=O) groups excluding carboxylic acids is 1. The fourth-order valence-electron chi connectivity index (χ4n) is 1.86. The summed E-state index contributed by atoms with van der Waals surface area (Å²) in [6.07, 6.45) is 0. The van der Waals surface area contributed by atoms with E-state index in [9.17, 15) is 8.63 Å². The molecule has 0 spiro atoms. The van der Waals surface area contributed by atoms with Crippen LogP contribution in [0.25, 0.3) is 0 Å². The van der Waals surface area contributed by atoms with Gasteiger partial charge in [0.2, 0.25) is 0 Å². The molecule has 1 aliphatic heterocycles. The van der Waals surface area contributed by atoms with Crippen LogP contribution in [0.1, 0.15) is 10.4 Å². The molecule has 0 aromatic heterocycles. The van der Waals surface area contributed by atoms with Gasteiger partial charge in [-0.3, -0.25) is 0 Å². The van der Waals surface area contributed by atoms with Crippen molar-refractivity contribution in [1.29, 1.82) is 0 Å². The Bertz CT molecular complexity index is 575. The SMILES string of the molecule is O=C1c2ccccc2[Se](=O)N1c1ccccc1. The monoisotopic (exact) mass is 291 g/mol. The van der Waals surface area contributed by atoms with Crippen LogP contribution in [0.5, 0.6) is 0 Å². The van der Waals surface area contributed by atoms with Gasteiger partial charge in [0.15, 0.2) is 0 Å². The van der Waals surface area contributed by atoms with Crippen molar-refractivity contribution in [3.63, 3.8) is 0 Å². The number of anilines is 1. The van der Waals surface area contributed by atoms with Crippen molar-refractivity contribution in [1.82, 2.24) is 0 Å². The average molecular weight is 290 g/mol. The van der Waals surface area contributed by atoms with E-state index in [-0.39, 0.29) is 5.91 Å². The third-order valence-corrected chi connectivity index (χ3v) is 5.67. The molecule has 0 bridgehead atoms. The van der Waals surface area contributed by atoms with Crippen LogP contribution in [0.3, 0.4) is 0 Å². The van der Waals surface area contributed by atoms with Crippen LogP contribution in [-0.2, 0) is 3.83 Å². The first-order chi connectivity index (χ1) is 8.29. The summed E-state index contributed by atoms with van der Waals surface area (Å²) in [5.74, 6) is -0.160. The predicted octanol–water partition coefficient (Wildman–Crippen LogP) is 1.47. The van der Waals surface area contributed by atoms with Gasteiger partial charge in [0, 0.05) is 0 Å². The maximum absolute atomic E-state index is 12.3. The molecule has 0 saturated heterocycles. The van der Waals surface area contributed by atoms with E-state index >= 15 is 0 Å². The maximum atomic E-state index is 12.3. The molecular weight excluding hydrogens is 281 g/mol. The van der Waals surface area contributed by atoms with Crippen molar-refractivity contribution in [2.45, 2.75) is 0 Å². The van der Waals surface area contributed by atoms with Crippen LogP contribution in [0.4, 0.5) is 5.69 Å². The molecule has 0 fully saturated rings. The fourth-order valence-corrected chi connectivity index (χ4v) is 4.58. The Balaban J connectivity index is 2.13. The molecule has 17 heavy (non-hydrogen) atoms.